The molecule has 1 amide bonds. The number of aliphatic hydroxyl groups excluding tert-OH is 1. The largest absolute Gasteiger partial charge is 0.444 e. The maximum atomic E-state index is 12.3. The second-order valence-corrected chi connectivity index (χ2v) is 6.29. The number of β-amino-alcohol motifs (C(OH)–C–C–N with tert-alkyl or cyclic N) is 1. The first-order chi connectivity index (χ1) is 9.37. The first-order valence-corrected chi connectivity index (χ1v) is 7.09. The molecule has 1 aliphatic heterocycles. The van der Waals surface area contributed by atoms with E-state index in [-0.39, 0.29) is 12.1 Å². The Balaban J connectivity index is 2.19. The summed E-state index contributed by atoms with van der Waals surface area (Å²) in [6.45, 7) is 5.88. The topological polar surface area (TPSA) is 49.8 Å². The van der Waals surface area contributed by atoms with Crippen molar-refractivity contribution in [3.05, 3.63) is 35.9 Å². The summed E-state index contributed by atoms with van der Waals surface area (Å²) in [4.78, 5) is 14.0. The van der Waals surface area contributed by atoms with Gasteiger partial charge in [-0.25, -0.2) is 4.79 Å². The van der Waals surface area contributed by atoms with E-state index in [2.05, 4.69) is 0 Å². The highest BCUT2D eigenvalue weighted by Gasteiger charge is 2.34. The lowest BCUT2D eigenvalue weighted by Gasteiger charge is -2.38. The summed E-state index contributed by atoms with van der Waals surface area (Å²) in [5.41, 5.74) is 0.561. The highest BCUT2D eigenvalue weighted by molar-refractivity contribution is 5.69. The molecule has 2 rings (SSSR count). The van der Waals surface area contributed by atoms with Crippen molar-refractivity contribution < 1.29 is 14.6 Å². The van der Waals surface area contributed by atoms with Crippen molar-refractivity contribution in [2.75, 3.05) is 6.54 Å². The number of piperidine rings is 1. The van der Waals surface area contributed by atoms with E-state index in [1.165, 1.54) is 0 Å². The van der Waals surface area contributed by atoms with Crippen molar-refractivity contribution in [1.82, 2.24) is 4.90 Å². The van der Waals surface area contributed by atoms with Gasteiger partial charge in [0.2, 0.25) is 0 Å². The zero-order chi connectivity index (χ0) is 14.8. The summed E-state index contributed by atoms with van der Waals surface area (Å²) in [6, 6.07) is 9.90. The fourth-order valence-corrected chi connectivity index (χ4v) is 2.50. The van der Waals surface area contributed by atoms with Crippen LogP contribution in [0.1, 0.15) is 45.2 Å². The average molecular weight is 277 g/mol. The van der Waals surface area contributed by atoms with E-state index in [4.69, 9.17) is 4.74 Å². The van der Waals surface area contributed by atoms with Gasteiger partial charge in [-0.1, -0.05) is 30.3 Å². The van der Waals surface area contributed by atoms with Crippen molar-refractivity contribution in [3.63, 3.8) is 0 Å². The normalized spacial score (nSPS) is 23.5. The molecule has 1 heterocycles. The average Bonchev–Trinajstić information content (AvgIpc) is 2.37. The Hall–Kier alpha value is -1.55. The van der Waals surface area contributed by atoms with Crippen LogP contribution in [0.3, 0.4) is 0 Å². The van der Waals surface area contributed by atoms with Gasteiger partial charge in [-0.15, -0.1) is 0 Å². The summed E-state index contributed by atoms with van der Waals surface area (Å²) in [5, 5.41) is 9.84. The molecule has 110 valence electrons. The Morgan fingerprint density at radius 3 is 2.50 bits per heavy atom. The molecule has 0 aromatic heterocycles. The van der Waals surface area contributed by atoms with E-state index in [1.54, 1.807) is 4.90 Å². The molecule has 0 spiro atoms. The van der Waals surface area contributed by atoms with Gasteiger partial charge in [0.05, 0.1) is 18.7 Å². The first-order valence-electron chi connectivity index (χ1n) is 7.09. The van der Waals surface area contributed by atoms with E-state index in [9.17, 15) is 9.90 Å². The molecule has 0 saturated carbocycles. The SMILES string of the molecule is CC(C)(C)OC(=O)N1C[C@H](O)CC[C@H]1c1ccccc1. The van der Waals surface area contributed by atoms with Crippen LogP contribution in [0.15, 0.2) is 30.3 Å². The van der Waals surface area contributed by atoms with Crippen LogP contribution in [0.2, 0.25) is 0 Å². The molecule has 0 radical (unpaired) electrons. The molecule has 1 fully saturated rings. The highest BCUT2D eigenvalue weighted by atomic mass is 16.6. The Morgan fingerprint density at radius 1 is 1.25 bits per heavy atom. The predicted molar refractivity (Wildman–Crippen MR) is 77.4 cm³/mol. The number of carbonyl (C=O) groups excluding carboxylic acids is 1. The van der Waals surface area contributed by atoms with Gasteiger partial charge in [-0.2, -0.15) is 0 Å². The van der Waals surface area contributed by atoms with Crippen LogP contribution < -0.4 is 0 Å². The Kier molecular flexibility index (Phi) is 4.33. The summed E-state index contributed by atoms with van der Waals surface area (Å²) in [7, 11) is 0. The molecule has 0 aliphatic carbocycles. The summed E-state index contributed by atoms with van der Waals surface area (Å²) >= 11 is 0. The van der Waals surface area contributed by atoms with Crippen LogP contribution in [-0.4, -0.2) is 34.3 Å². The molecule has 4 heteroatoms. The number of hydrogen-bond donors (Lipinski definition) is 1. The maximum absolute atomic E-state index is 12.3. The number of hydrogen-bond acceptors (Lipinski definition) is 3. The van der Waals surface area contributed by atoms with Crippen LogP contribution in [0, 0.1) is 0 Å². The quantitative estimate of drug-likeness (QED) is 0.858. The number of aliphatic hydroxyl groups is 1. The lowest BCUT2D eigenvalue weighted by atomic mass is 9.94. The van der Waals surface area contributed by atoms with E-state index in [0.29, 0.717) is 13.0 Å². The zero-order valence-electron chi connectivity index (χ0n) is 12.4. The number of benzene rings is 1. The van der Waals surface area contributed by atoms with Crippen molar-refractivity contribution in [1.29, 1.82) is 0 Å². The Bertz CT molecular complexity index is 453. The van der Waals surface area contributed by atoms with Gasteiger partial charge in [0, 0.05) is 0 Å². The number of amides is 1. The molecule has 20 heavy (non-hydrogen) atoms. The smallest absolute Gasteiger partial charge is 0.410 e. The van der Waals surface area contributed by atoms with Crippen LogP contribution >= 0.6 is 0 Å². The van der Waals surface area contributed by atoms with Gasteiger partial charge in [-0.3, -0.25) is 4.90 Å². The Labute approximate surface area is 120 Å². The molecular formula is C16H23NO3. The predicted octanol–water partition coefficient (Wildman–Crippen LogP) is 3.12. The van der Waals surface area contributed by atoms with Crippen molar-refractivity contribution in [2.24, 2.45) is 0 Å². The van der Waals surface area contributed by atoms with Gasteiger partial charge in [0.1, 0.15) is 5.60 Å². The molecule has 1 aliphatic rings. The minimum absolute atomic E-state index is 0.0190. The first kappa shape index (κ1) is 14.9. The van der Waals surface area contributed by atoms with Crippen LogP contribution in [0.25, 0.3) is 0 Å². The minimum Gasteiger partial charge on any atom is -0.444 e. The maximum Gasteiger partial charge on any atom is 0.410 e. The van der Waals surface area contributed by atoms with Crippen LogP contribution in [0.4, 0.5) is 4.79 Å². The standard InChI is InChI=1S/C16H23NO3/c1-16(2,3)20-15(19)17-11-13(18)9-10-14(17)12-7-5-4-6-8-12/h4-8,13-14,18H,9-11H2,1-3H3/t13-,14+/m1/s1. The third-order valence-corrected chi connectivity index (χ3v) is 3.37. The fourth-order valence-electron chi connectivity index (χ4n) is 2.50. The molecule has 0 bridgehead atoms. The van der Waals surface area contributed by atoms with Gasteiger partial charge < -0.3 is 9.84 Å². The number of rotatable bonds is 1. The molecule has 2 atom stereocenters. The van der Waals surface area contributed by atoms with Crippen LogP contribution in [-0.2, 0) is 4.74 Å². The van der Waals surface area contributed by atoms with Crippen molar-refractivity contribution in [2.45, 2.75) is 51.4 Å². The minimum atomic E-state index is -0.527. The molecule has 1 aromatic rings. The highest BCUT2D eigenvalue weighted by Crippen LogP contribution is 2.32. The van der Waals surface area contributed by atoms with Gasteiger partial charge in [0.15, 0.2) is 0 Å². The monoisotopic (exact) mass is 277 g/mol. The number of carbonyl (C=O) groups is 1. The van der Waals surface area contributed by atoms with Crippen molar-refractivity contribution >= 4 is 6.09 Å². The van der Waals surface area contributed by atoms with Gasteiger partial charge in [0.25, 0.3) is 0 Å². The molecular weight excluding hydrogens is 254 g/mol. The second kappa shape index (κ2) is 5.83. The second-order valence-electron chi connectivity index (χ2n) is 6.29. The van der Waals surface area contributed by atoms with Gasteiger partial charge >= 0.3 is 6.09 Å². The van der Waals surface area contributed by atoms with E-state index in [1.807, 2.05) is 51.1 Å². The summed E-state index contributed by atoms with van der Waals surface area (Å²) < 4.78 is 5.45. The Morgan fingerprint density at radius 2 is 1.90 bits per heavy atom. The van der Waals surface area contributed by atoms with E-state index < -0.39 is 11.7 Å². The zero-order valence-corrected chi connectivity index (χ0v) is 12.4. The molecule has 0 unspecified atom stereocenters. The number of ether oxygens (including phenoxy) is 1. The lowest BCUT2D eigenvalue weighted by molar-refractivity contribution is -0.0134. The summed E-state index contributed by atoms with van der Waals surface area (Å²) in [5.74, 6) is 0. The van der Waals surface area contributed by atoms with Gasteiger partial charge in [-0.05, 0) is 39.2 Å². The molecule has 4 nitrogen and oxygen atoms in total. The molecule has 1 saturated heterocycles. The van der Waals surface area contributed by atoms with Crippen LogP contribution in [0.5, 0.6) is 0 Å². The van der Waals surface area contributed by atoms with E-state index >= 15 is 0 Å². The fraction of sp³-hybridized carbons (Fsp3) is 0.562. The van der Waals surface area contributed by atoms with Crippen molar-refractivity contribution in [3.8, 4) is 0 Å². The number of likely N-dealkylation sites (tertiary alicyclic amines) is 1. The van der Waals surface area contributed by atoms with E-state index in [0.717, 1.165) is 12.0 Å². The molecule has 1 aromatic carbocycles. The third-order valence-electron chi connectivity index (χ3n) is 3.37. The summed E-state index contributed by atoms with van der Waals surface area (Å²) in [6.07, 6.45) is 0.635. The lowest BCUT2D eigenvalue weighted by Crippen LogP contribution is -2.46. The third kappa shape index (κ3) is 3.73. The molecule has 1 N–H and O–H groups in total. The number of nitrogens with zero attached hydrogens (tertiary/aromatic N) is 1.